The zero-order chi connectivity index (χ0) is 13.0. The van der Waals surface area contributed by atoms with Gasteiger partial charge >= 0.3 is 0 Å². The van der Waals surface area contributed by atoms with Gasteiger partial charge in [-0.3, -0.25) is 0 Å². The molecule has 0 saturated carbocycles. The minimum atomic E-state index is -0.465. The molecule has 18 heavy (non-hydrogen) atoms. The first kappa shape index (κ1) is 12.6. The van der Waals surface area contributed by atoms with Gasteiger partial charge in [0.1, 0.15) is 17.7 Å². The highest BCUT2D eigenvalue weighted by Crippen LogP contribution is 2.25. The molecule has 2 aromatic rings. The highest BCUT2D eigenvalue weighted by atomic mass is 19.1. The molecular formula is C15H16FNO. The third kappa shape index (κ3) is 2.68. The molecule has 1 atom stereocenters. The number of ether oxygens (including phenoxy) is 1. The number of rotatable bonds is 4. The van der Waals surface area contributed by atoms with E-state index in [0.717, 1.165) is 11.3 Å². The molecule has 2 rings (SSSR count). The Kier molecular flexibility index (Phi) is 3.95. The molecule has 1 unspecified atom stereocenters. The molecule has 3 heteroatoms. The lowest BCUT2D eigenvalue weighted by Crippen LogP contribution is -2.20. The molecule has 2 nitrogen and oxygen atoms in total. The van der Waals surface area contributed by atoms with E-state index in [-0.39, 0.29) is 12.4 Å². The highest BCUT2D eigenvalue weighted by molar-refractivity contribution is 5.33. The molecule has 0 bridgehead atoms. The van der Waals surface area contributed by atoms with Gasteiger partial charge in [0.2, 0.25) is 0 Å². The number of hydrogen-bond acceptors (Lipinski definition) is 2. The Hall–Kier alpha value is -1.87. The number of para-hydroxylation sites is 1. The van der Waals surface area contributed by atoms with Gasteiger partial charge in [-0.2, -0.15) is 0 Å². The van der Waals surface area contributed by atoms with Crippen molar-refractivity contribution in [2.75, 3.05) is 6.54 Å². The lowest BCUT2D eigenvalue weighted by atomic mass is 10.1. The van der Waals surface area contributed by atoms with Gasteiger partial charge in [-0.05, 0) is 24.6 Å². The minimum absolute atomic E-state index is 0.231. The molecule has 0 fully saturated rings. The van der Waals surface area contributed by atoms with E-state index in [0.29, 0.717) is 5.56 Å². The van der Waals surface area contributed by atoms with Gasteiger partial charge in [-0.25, -0.2) is 4.39 Å². The van der Waals surface area contributed by atoms with E-state index in [1.807, 2.05) is 31.2 Å². The number of nitrogens with two attached hydrogens (primary N) is 1. The van der Waals surface area contributed by atoms with Crippen LogP contribution in [0.15, 0.2) is 48.5 Å². The first-order valence-corrected chi connectivity index (χ1v) is 5.89. The van der Waals surface area contributed by atoms with Crippen LogP contribution < -0.4 is 10.5 Å². The summed E-state index contributed by atoms with van der Waals surface area (Å²) >= 11 is 0. The lowest BCUT2D eigenvalue weighted by molar-refractivity contribution is 0.207. The second-order valence-corrected chi connectivity index (χ2v) is 4.13. The van der Waals surface area contributed by atoms with Crippen molar-refractivity contribution in [3.05, 3.63) is 65.5 Å². The molecule has 94 valence electrons. The van der Waals surface area contributed by atoms with Crippen LogP contribution in [0.2, 0.25) is 0 Å². The Bertz CT molecular complexity index is 527. The topological polar surface area (TPSA) is 35.2 Å². The summed E-state index contributed by atoms with van der Waals surface area (Å²) in [6, 6.07) is 14.2. The van der Waals surface area contributed by atoms with Gasteiger partial charge in [0.25, 0.3) is 0 Å². The zero-order valence-corrected chi connectivity index (χ0v) is 10.3. The van der Waals surface area contributed by atoms with Crippen LogP contribution >= 0.6 is 0 Å². The van der Waals surface area contributed by atoms with Gasteiger partial charge in [0, 0.05) is 12.1 Å². The first-order valence-electron chi connectivity index (χ1n) is 5.89. The molecule has 2 N–H and O–H groups in total. The van der Waals surface area contributed by atoms with Crippen molar-refractivity contribution in [2.45, 2.75) is 13.0 Å². The summed E-state index contributed by atoms with van der Waals surface area (Å²) in [5.41, 5.74) is 7.18. The van der Waals surface area contributed by atoms with Crippen LogP contribution in [0.25, 0.3) is 0 Å². The van der Waals surface area contributed by atoms with E-state index in [1.54, 1.807) is 18.2 Å². The summed E-state index contributed by atoms with van der Waals surface area (Å²) in [7, 11) is 0. The molecule has 2 aromatic carbocycles. The highest BCUT2D eigenvalue weighted by Gasteiger charge is 2.16. The number of hydrogen-bond donors (Lipinski definition) is 1. The van der Waals surface area contributed by atoms with Crippen molar-refractivity contribution in [3.8, 4) is 5.75 Å². The molecule has 0 radical (unpaired) electrons. The van der Waals surface area contributed by atoms with Crippen molar-refractivity contribution in [1.29, 1.82) is 0 Å². The van der Waals surface area contributed by atoms with Crippen LogP contribution in [-0.4, -0.2) is 6.54 Å². The zero-order valence-electron chi connectivity index (χ0n) is 10.3. The largest absolute Gasteiger partial charge is 0.484 e. The first-order chi connectivity index (χ1) is 8.72. The second kappa shape index (κ2) is 5.65. The predicted molar refractivity (Wildman–Crippen MR) is 70.0 cm³/mol. The van der Waals surface area contributed by atoms with E-state index < -0.39 is 6.10 Å². The third-order valence-electron chi connectivity index (χ3n) is 2.83. The van der Waals surface area contributed by atoms with Gasteiger partial charge in [0.05, 0.1) is 0 Å². The summed E-state index contributed by atoms with van der Waals surface area (Å²) < 4.78 is 19.5. The summed E-state index contributed by atoms with van der Waals surface area (Å²) in [6.45, 7) is 2.18. The number of benzene rings is 2. The average molecular weight is 245 g/mol. The fourth-order valence-electron chi connectivity index (χ4n) is 1.82. The molecule has 0 aliphatic heterocycles. The molecule has 0 amide bonds. The van der Waals surface area contributed by atoms with E-state index >= 15 is 0 Å². The molecule has 0 spiro atoms. The average Bonchev–Trinajstić information content (AvgIpc) is 2.39. The van der Waals surface area contributed by atoms with E-state index in [4.69, 9.17) is 10.5 Å². The fraction of sp³-hybridized carbons (Fsp3) is 0.200. The molecule has 0 aromatic heterocycles. The Labute approximate surface area is 106 Å². The Morgan fingerprint density at radius 3 is 2.44 bits per heavy atom. The monoisotopic (exact) mass is 245 g/mol. The minimum Gasteiger partial charge on any atom is -0.484 e. The van der Waals surface area contributed by atoms with Crippen LogP contribution in [0.5, 0.6) is 5.75 Å². The maximum absolute atomic E-state index is 13.7. The predicted octanol–water partition coefficient (Wildman–Crippen LogP) is 3.21. The van der Waals surface area contributed by atoms with Crippen molar-refractivity contribution in [2.24, 2.45) is 5.73 Å². The van der Waals surface area contributed by atoms with Crippen LogP contribution in [-0.2, 0) is 0 Å². The van der Waals surface area contributed by atoms with E-state index in [1.165, 1.54) is 6.07 Å². The van der Waals surface area contributed by atoms with E-state index in [2.05, 4.69) is 0 Å². The summed E-state index contributed by atoms with van der Waals surface area (Å²) in [5.74, 6) is 0.442. The third-order valence-corrected chi connectivity index (χ3v) is 2.83. The smallest absolute Gasteiger partial charge is 0.139 e. The normalized spacial score (nSPS) is 12.2. The van der Waals surface area contributed by atoms with Gasteiger partial charge < -0.3 is 10.5 Å². The summed E-state index contributed by atoms with van der Waals surface area (Å²) in [5, 5.41) is 0. The van der Waals surface area contributed by atoms with Crippen LogP contribution in [0.4, 0.5) is 4.39 Å². The quantitative estimate of drug-likeness (QED) is 0.897. The maximum Gasteiger partial charge on any atom is 0.139 e. The molecular weight excluding hydrogens is 229 g/mol. The Morgan fingerprint density at radius 1 is 1.11 bits per heavy atom. The van der Waals surface area contributed by atoms with Gasteiger partial charge in [-0.1, -0.05) is 36.4 Å². The molecule has 0 saturated heterocycles. The van der Waals surface area contributed by atoms with E-state index in [9.17, 15) is 4.39 Å². The Morgan fingerprint density at radius 2 is 1.78 bits per heavy atom. The lowest BCUT2D eigenvalue weighted by Gasteiger charge is -2.19. The van der Waals surface area contributed by atoms with Crippen molar-refractivity contribution in [3.63, 3.8) is 0 Å². The van der Waals surface area contributed by atoms with Crippen LogP contribution in [0.3, 0.4) is 0 Å². The SMILES string of the molecule is Cc1ccccc1OC(CN)c1ccccc1F. The summed E-state index contributed by atoms with van der Waals surface area (Å²) in [4.78, 5) is 0. The second-order valence-electron chi connectivity index (χ2n) is 4.13. The number of halogens is 1. The Balaban J connectivity index is 2.26. The van der Waals surface area contributed by atoms with Crippen molar-refractivity contribution < 1.29 is 9.13 Å². The number of aryl methyl sites for hydroxylation is 1. The van der Waals surface area contributed by atoms with Gasteiger partial charge in [0.15, 0.2) is 0 Å². The van der Waals surface area contributed by atoms with Crippen LogP contribution in [0, 0.1) is 12.7 Å². The van der Waals surface area contributed by atoms with Crippen molar-refractivity contribution in [1.82, 2.24) is 0 Å². The van der Waals surface area contributed by atoms with Crippen molar-refractivity contribution >= 4 is 0 Å². The molecule has 0 aliphatic rings. The fourth-order valence-corrected chi connectivity index (χ4v) is 1.82. The molecule has 0 heterocycles. The standard InChI is InChI=1S/C15H16FNO/c1-11-6-2-5-9-14(11)18-15(10-17)12-7-3-4-8-13(12)16/h2-9,15H,10,17H2,1H3. The van der Waals surface area contributed by atoms with Gasteiger partial charge in [-0.15, -0.1) is 0 Å². The van der Waals surface area contributed by atoms with Crippen LogP contribution in [0.1, 0.15) is 17.2 Å². The molecule has 0 aliphatic carbocycles. The maximum atomic E-state index is 13.7. The summed E-state index contributed by atoms with van der Waals surface area (Å²) in [6.07, 6.45) is -0.465.